The zero-order valence-electron chi connectivity index (χ0n) is 5.66. The number of rotatable bonds is 0. The van der Waals surface area contributed by atoms with Gasteiger partial charge in [0.2, 0.25) is 0 Å². The normalized spacial score (nSPS) is 9.55. The second kappa shape index (κ2) is 3.68. The van der Waals surface area contributed by atoms with Gasteiger partial charge in [-0.2, -0.15) is 0 Å². The van der Waals surface area contributed by atoms with Crippen LogP contribution >= 0.6 is 11.3 Å². The number of fused-ring (bicyclic) bond motifs is 1. The van der Waals surface area contributed by atoms with E-state index in [9.17, 15) is 0 Å². The van der Waals surface area contributed by atoms with Crippen molar-refractivity contribution in [1.82, 2.24) is 4.98 Å². The van der Waals surface area contributed by atoms with Gasteiger partial charge < -0.3 is 0 Å². The molecule has 0 radical (unpaired) electrons. The molecule has 1 nitrogen and oxygen atoms in total. The predicted molar refractivity (Wildman–Crippen MR) is 51.5 cm³/mol. The van der Waals surface area contributed by atoms with E-state index in [1.54, 1.807) is 11.3 Å². The number of para-hydroxylation sites is 1. The molecule has 0 saturated heterocycles. The van der Waals surface area contributed by atoms with Crippen LogP contribution < -0.4 is 0 Å². The van der Waals surface area contributed by atoms with E-state index in [0.29, 0.717) is 0 Å². The van der Waals surface area contributed by atoms with E-state index in [1.807, 2.05) is 25.1 Å². The second-order valence-electron chi connectivity index (χ2n) is 2.20. The minimum absolute atomic E-state index is 0. The van der Waals surface area contributed by atoms with E-state index in [2.05, 4.69) is 11.1 Å². The van der Waals surface area contributed by atoms with Gasteiger partial charge in [0.15, 0.2) is 0 Å². The first-order chi connectivity index (χ1) is 4.86. The fraction of sp³-hybridized carbons (Fsp3) is 0.125. The molecular formula is C8H8NNaS. The number of benzene rings is 1. The van der Waals surface area contributed by atoms with Crippen LogP contribution in [0.4, 0.5) is 0 Å². The number of hydrogen-bond donors (Lipinski definition) is 0. The van der Waals surface area contributed by atoms with Crippen LogP contribution in [0.1, 0.15) is 5.01 Å². The maximum absolute atomic E-state index is 4.33. The molecule has 0 aliphatic rings. The summed E-state index contributed by atoms with van der Waals surface area (Å²) in [6.45, 7) is 2.03. The van der Waals surface area contributed by atoms with Crippen molar-refractivity contribution in [2.24, 2.45) is 0 Å². The summed E-state index contributed by atoms with van der Waals surface area (Å²) in [7, 11) is 0. The Kier molecular flexibility index (Phi) is 3.07. The summed E-state index contributed by atoms with van der Waals surface area (Å²) in [6.07, 6.45) is 0. The molecule has 52 valence electrons. The van der Waals surface area contributed by atoms with E-state index in [-0.39, 0.29) is 29.6 Å². The fourth-order valence-corrected chi connectivity index (χ4v) is 1.81. The van der Waals surface area contributed by atoms with Crippen molar-refractivity contribution in [2.45, 2.75) is 6.92 Å². The number of aryl methyl sites for hydroxylation is 1. The van der Waals surface area contributed by atoms with Gasteiger partial charge in [-0.3, -0.25) is 0 Å². The Morgan fingerprint density at radius 3 is 2.73 bits per heavy atom. The summed E-state index contributed by atoms with van der Waals surface area (Å²) in [4.78, 5) is 4.33. The topological polar surface area (TPSA) is 12.9 Å². The van der Waals surface area contributed by atoms with E-state index >= 15 is 0 Å². The van der Waals surface area contributed by atoms with Crippen molar-refractivity contribution >= 4 is 51.1 Å². The van der Waals surface area contributed by atoms with Gasteiger partial charge in [0.25, 0.3) is 0 Å². The number of hydrogen-bond acceptors (Lipinski definition) is 2. The molecule has 3 heteroatoms. The van der Waals surface area contributed by atoms with Gasteiger partial charge in [-0.1, -0.05) is 12.1 Å². The zero-order valence-corrected chi connectivity index (χ0v) is 6.48. The van der Waals surface area contributed by atoms with Gasteiger partial charge in [0, 0.05) is 0 Å². The van der Waals surface area contributed by atoms with Crippen LogP contribution in [0.15, 0.2) is 24.3 Å². The van der Waals surface area contributed by atoms with Crippen molar-refractivity contribution in [1.29, 1.82) is 0 Å². The summed E-state index contributed by atoms with van der Waals surface area (Å²) < 4.78 is 1.28. The first-order valence-electron chi connectivity index (χ1n) is 3.18. The molecule has 1 aromatic heterocycles. The van der Waals surface area contributed by atoms with Crippen LogP contribution in [0.2, 0.25) is 0 Å². The fourth-order valence-electron chi connectivity index (χ4n) is 0.987. The van der Waals surface area contributed by atoms with E-state index in [1.165, 1.54) is 4.70 Å². The van der Waals surface area contributed by atoms with Crippen LogP contribution in [-0.4, -0.2) is 34.5 Å². The Morgan fingerprint density at radius 2 is 2.00 bits per heavy atom. The van der Waals surface area contributed by atoms with Crippen molar-refractivity contribution in [3.05, 3.63) is 29.3 Å². The van der Waals surface area contributed by atoms with Crippen molar-refractivity contribution in [3.63, 3.8) is 0 Å². The van der Waals surface area contributed by atoms with Crippen LogP contribution in [0.25, 0.3) is 10.2 Å². The molecule has 11 heavy (non-hydrogen) atoms. The van der Waals surface area contributed by atoms with Gasteiger partial charge in [0.05, 0.1) is 15.2 Å². The monoisotopic (exact) mass is 173 g/mol. The molecule has 0 amide bonds. The quantitative estimate of drug-likeness (QED) is 0.555. The molecule has 0 saturated carbocycles. The molecule has 2 aromatic rings. The average Bonchev–Trinajstić information content (AvgIpc) is 2.27. The minimum atomic E-state index is 0. The van der Waals surface area contributed by atoms with Gasteiger partial charge >= 0.3 is 29.6 Å². The maximum atomic E-state index is 4.33. The van der Waals surface area contributed by atoms with Crippen LogP contribution in [-0.2, 0) is 0 Å². The standard InChI is InChI=1S/C8H7NS.Na.H/c1-6-9-7-4-2-3-5-8(7)10-6;;/h2-5H,1H3;;. The molecule has 0 spiro atoms. The average molecular weight is 173 g/mol. The third kappa shape index (κ3) is 1.82. The summed E-state index contributed by atoms with van der Waals surface area (Å²) in [6, 6.07) is 8.19. The van der Waals surface area contributed by atoms with E-state index < -0.39 is 0 Å². The van der Waals surface area contributed by atoms with E-state index in [4.69, 9.17) is 0 Å². The van der Waals surface area contributed by atoms with Crippen LogP contribution in [0.3, 0.4) is 0 Å². The first-order valence-corrected chi connectivity index (χ1v) is 4.00. The molecule has 0 fully saturated rings. The Hall–Kier alpha value is 0.110. The van der Waals surface area contributed by atoms with Crippen LogP contribution in [0.5, 0.6) is 0 Å². The van der Waals surface area contributed by atoms with Crippen molar-refractivity contribution in [3.8, 4) is 0 Å². The van der Waals surface area contributed by atoms with Gasteiger partial charge in [0.1, 0.15) is 0 Å². The molecule has 0 aliphatic carbocycles. The van der Waals surface area contributed by atoms with Crippen molar-refractivity contribution < 1.29 is 0 Å². The molecule has 0 atom stereocenters. The summed E-state index contributed by atoms with van der Waals surface area (Å²) in [5.41, 5.74) is 1.12. The second-order valence-corrected chi connectivity index (χ2v) is 3.44. The Labute approximate surface area is 91.8 Å². The molecule has 0 unspecified atom stereocenters. The SMILES string of the molecule is Cc1nc2ccccc2s1.[NaH]. The molecule has 0 bridgehead atoms. The number of nitrogens with zero attached hydrogens (tertiary/aromatic N) is 1. The molecule has 0 N–H and O–H groups in total. The third-order valence-corrected chi connectivity index (χ3v) is 2.35. The Balaban J connectivity index is 0.000000605. The van der Waals surface area contributed by atoms with Gasteiger partial charge in [-0.25, -0.2) is 4.98 Å². The Bertz CT molecular complexity index is 323. The first kappa shape index (κ1) is 9.20. The molecule has 1 aromatic carbocycles. The van der Waals surface area contributed by atoms with Crippen LogP contribution in [0, 0.1) is 6.92 Å². The zero-order chi connectivity index (χ0) is 6.97. The number of aromatic nitrogens is 1. The van der Waals surface area contributed by atoms with E-state index in [0.717, 1.165) is 10.5 Å². The Morgan fingerprint density at radius 1 is 1.27 bits per heavy atom. The van der Waals surface area contributed by atoms with Crippen molar-refractivity contribution in [2.75, 3.05) is 0 Å². The third-order valence-electron chi connectivity index (χ3n) is 1.40. The molecular weight excluding hydrogens is 165 g/mol. The van der Waals surface area contributed by atoms with Gasteiger partial charge in [-0.05, 0) is 19.1 Å². The molecule has 1 heterocycles. The molecule has 0 aliphatic heterocycles. The van der Waals surface area contributed by atoms with Gasteiger partial charge in [-0.15, -0.1) is 11.3 Å². The summed E-state index contributed by atoms with van der Waals surface area (Å²) in [5.74, 6) is 0. The summed E-state index contributed by atoms with van der Waals surface area (Å²) >= 11 is 1.74. The summed E-state index contributed by atoms with van der Waals surface area (Å²) in [5, 5.41) is 1.14. The molecule has 2 rings (SSSR count). The number of thiazole rings is 1. The predicted octanol–water partition coefficient (Wildman–Crippen LogP) is 1.96.